The van der Waals surface area contributed by atoms with Crippen LogP contribution in [0.5, 0.6) is 5.88 Å². The van der Waals surface area contributed by atoms with Crippen molar-refractivity contribution in [2.45, 2.75) is 39.5 Å². The number of hydrogen-bond donors (Lipinski definition) is 0. The van der Waals surface area contributed by atoms with Gasteiger partial charge >= 0.3 is 0 Å². The Morgan fingerprint density at radius 2 is 2.35 bits per heavy atom. The molecule has 6 heteroatoms. The number of carbonyl (C=O) groups excluding carboxylic acids is 1. The molecule has 110 valence electrons. The summed E-state index contributed by atoms with van der Waals surface area (Å²) in [6.07, 6.45) is -0.132. The molecule has 2 rings (SSSR count). The number of fused-ring (bicyclic) bond motifs is 1. The van der Waals surface area contributed by atoms with Crippen molar-refractivity contribution in [1.82, 2.24) is 9.88 Å². The van der Waals surface area contributed by atoms with Crippen LogP contribution < -0.4 is 4.74 Å². The minimum Gasteiger partial charge on any atom is -0.470 e. The van der Waals surface area contributed by atoms with Crippen LogP contribution in [0, 0.1) is 0 Å². The molecule has 1 aromatic rings. The number of nitrogens with zero attached hydrogens (tertiary/aromatic N) is 2. The molecule has 0 saturated carbocycles. The van der Waals surface area contributed by atoms with Gasteiger partial charge in [-0.15, -0.1) is 0 Å². The Morgan fingerprint density at radius 1 is 1.60 bits per heavy atom. The third-order valence-electron chi connectivity index (χ3n) is 3.03. The second-order valence-corrected chi connectivity index (χ2v) is 5.51. The normalized spacial score (nSPS) is 18.4. The van der Waals surface area contributed by atoms with Crippen LogP contribution in [-0.4, -0.2) is 41.2 Å². The third kappa shape index (κ3) is 3.84. The van der Waals surface area contributed by atoms with Crippen LogP contribution in [-0.2, 0) is 16.1 Å². The summed E-state index contributed by atoms with van der Waals surface area (Å²) < 4.78 is 11.4. The van der Waals surface area contributed by atoms with E-state index in [2.05, 4.69) is 4.98 Å². The van der Waals surface area contributed by atoms with E-state index in [0.29, 0.717) is 30.7 Å². The van der Waals surface area contributed by atoms with Gasteiger partial charge in [0.05, 0.1) is 25.8 Å². The van der Waals surface area contributed by atoms with Gasteiger partial charge in [0.2, 0.25) is 11.8 Å². The van der Waals surface area contributed by atoms with E-state index >= 15 is 0 Å². The number of amides is 1. The molecule has 0 fully saturated rings. The first-order valence-corrected chi connectivity index (χ1v) is 7.02. The summed E-state index contributed by atoms with van der Waals surface area (Å²) in [4.78, 5) is 17.6. The van der Waals surface area contributed by atoms with Crippen molar-refractivity contribution in [1.29, 1.82) is 0 Å². The minimum atomic E-state index is -0.242. The number of aromatic nitrogens is 1. The zero-order chi connectivity index (χ0) is 14.7. The van der Waals surface area contributed by atoms with Crippen LogP contribution in [0.15, 0.2) is 12.1 Å². The Morgan fingerprint density at radius 3 is 3.00 bits per heavy atom. The maximum Gasteiger partial charge on any atom is 0.220 e. The Kier molecular flexibility index (Phi) is 4.83. The Balaban J connectivity index is 2.21. The predicted molar refractivity (Wildman–Crippen MR) is 75.8 cm³/mol. The van der Waals surface area contributed by atoms with Crippen molar-refractivity contribution in [3.63, 3.8) is 0 Å². The molecular weight excluding hydrogens is 280 g/mol. The van der Waals surface area contributed by atoms with Crippen molar-refractivity contribution >= 4 is 17.5 Å². The zero-order valence-electron chi connectivity index (χ0n) is 11.9. The van der Waals surface area contributed by atoms with Gasteiger partial charge in [-0.25, -0.2) is 4.98 Å². The van der Waals surface area contributed by atoms with Crippen LogP contribution in [0.3, 0.4) is 0 Å². The minimum absolute atomic E-state index is 0.00551. The second-order valence-electron chi connectivity index (χ2n) is 5.12. The van der Waals surface area contributed by atoms with Crippen molar-refractivity contribution in [3.8, 4) is 5.88 Å². The fourth-order valence-corrected chi connectivity index (χ4v) is 2.15. The standard InChI is InChI=1S/C14H19ClN2O3/c1-9(2)19-8-12-7-17(10(3)18)6-11-4-5-13(15)16-14(11)20-12/h4-5,9,12H,6-8H2,1-3H3. The summed E-state index contributed by atoms with van der Waals surface area (Å²) in [5, 5.41) is 0.378. The summed E-state index contributed by atoms with van der Waals surface area (Å²) in [6.45, 7) is 6.85. The lowest BCUT2D eigenvalue weighted by Gasteiger charge is -2.23. The predicted octanol–water partition coefficient (Wildman–Crippen LogP) is 2.27. The summed E-state index contributed by atoms with van der Waals surface area (Å²) in [5.41, 5.74) is 0.858. The molecule has 1 unspecified atom stereocenters. The molecule has 2 heterocycles. The molecule has 1 aromatic heterocycles. The lowest BCUT2D eigenvalue weighted by molar-refractivity contribution is -0.130. The molecular formula is C14H19ClN2O3. The number of carbonyl (C=O) groups is 1. The lowest BCUT2D eigenvalue weighted by atomic mass is 10.2. The van der Waals surface area contributed by atoms with Gasteiger partial charge in [-0.05, 0) is 26.0 Å². The van der Waals surface area contributed by atoms with Crippen LogP contribution in [0.25, 0.3) is 0 Å². The molecule has 0 saturated heterocycles. The fraction of sp³-hybridized carbons (Fsp3) is 0.571. The second kappa shape index (κ2) is 6.41. The van der Waals surface area contributed by atoms with Crippen molar-refractivity contribution in [2.75, 3.05) is 13.2 Å². The Labute approximate surface area is 123 Å². The van der Waals surface area contributed by atoms with Crippen LogP contribution >= 0.6 is 11.6 Å². The van der Waals surface area contributed by atoms with Gasteiger partial charge in [-0.1, -0.05) is 11.6 Å². The molecule has 1 aliphatic rings. The molecule has 0 aliphatic carbocycles. The molecule has 0 radical (unpaired) electrons. The molecule has 0 spiro atoms. The molecule has 0 aromatic carbocycles. The van der Waals surface area contributed by atoms with Crippen molar-refractivity contribution < 1.29 is 14.3 Å². The van der Waals surface area contributed by atoms with Crippen molar-refractivity contribution in [3.05, 3.63) is 22.8 Å². The monoisotopic (exact) mass is 298 g/mol. The maximum absolute atomic E-state index is 11.7. The fourth-order valence-electron chi connectivity index (χ4n) is 2.01. The number of rotatable bonds is 3. The highest BCUT2D eigenvalue weighted by molar-refractivity contribution is 6.29. The largest absolute Gasteiger partial charge is 0.470 e. The van der Waals surface area contributed by atoms with E-state index in [1.165, 1.54) is 0 Å². The molecule has 0 N–H and O–H groups in total. The first-order chi connectivity index (χ1) is 9.45. The molecule has 1 amide bonds. The third-order valence-corrected chi connectivity index (χ3v) is 3.24. The smallest absolute Gasteiger partial charge is 0.220 e. The zero-order valence-corrected chi connectivity index (χ0v) is 12.7. The van der Waals surface area contributed by atoms with E-state index in [1.807, 2.05) is 19.9 Å². The van der Waals surface area contributed by atoms with Gasteiger partial charge in [0.1, 0.15) is 11.3 Å². The van der Waals surface area contributed by atoms with Gasteiger partial charge in [0.15, 0.2) is 0 Å². The summed E-state index contributed by atoms with van der Waals surface area (Å²) >= 11 is 5.90. The number of hydrogen-bond acceptors (Lipinski definition) is 4. The van der Waals surface area contributed by atoms with E-state index in [4.69, 9.17) is 21.1 Å². The summed E-state index contributed by atoms with van der Waals surface area (Å²) in [6, 6.07) is 3.54. The highest BCUT2D eigenvalue weighted by atomic mass is 35.5. The molecule has 1 aliphatic heterocycles. The average Bonchev–Trinajstić information content (AvgIpc) is 2.55. The topological polar surface area (TPSA) is 51.7 Å². The van der Waals surface area contributed by atoms with Crippen LogP contribution in [0.1, 0.15) is 26.3 Å². The highest BCUT2D eigenvalue weighted by Gasteiger charge is 2.26. The molecule has 20 heavy (non-hydrogen) atoms. The molecule has 1 atom stereocenters. The van der Waals surface area contributed by atoms with Gasteiger partial charge in [-0.2, -0.15) is 0 Å². The van der Waals surface area contributed by atoms with Gasteiger partial charge in [0, 0.05) is 12.5 Å². The number of halogens is 1. The lowest BCUT2D eigenvalue weighted by Crippen LogP contribution is -2.38. The van der Waals surface area contributed by atoms with Gasteiger partial charge in [-0.3, -0.25) is 4.79 Å². The molecule has 5 nitrogen and oxygen atoms in total. The molecule has 0 bridgehead atoms. The maximum atomic E-state index is 11.7. The van der Waals surface area contributed by atoms with Gasteiger partial charge < -0.3 is 14.4 Å². The van der Waals surface area contributed by atoms with Crippen molar-refractivity contribution in [2.24, 2.45) is 0 Å². The van der Waals surface area contributed by atoms with E-state index in [9.17, 15) is 4.79 Å². The number of pyridine rings is 1. The number of ether oxygens (including phenoxy) is 2. The van der Waals surface area contributed by atoms with E-state index in [-0.39, 0.29) is 18.1 Å². The summed E-state index contributed by atoms with van der Waals surface area (Å²) in [5.74, 6) is 0.490. The van der Waals surface area contributed by atoms with E-state index in [0.717, 1.165) is 5.56 Å². The van der Waals surface area contributed by atoms with E-state index in [1.54, 1.807) is 17.9 Å². The summed E-state index contributed by atoms with van der Waals surface area (Å²) in [7, 11) is 0. The average molecular weight is 299 g/mol. The van der Waals surface area contributed by atoms with E-state index < -0.39 is 0 Å². The van der Waals surface area contributed by atoms with Crippen LogP contribution in [0.2, 0.25) is 5.15 Å². The Bertz CT molecular complexity index is 493. The first kappa shape index (κ1) is 15.1. The first-order valence-electron chi connectivity index (χ1n) is 6.65. The highest BCUT2D eigenvalue weighted by Crippen LogP contribution is 2.25. The Hall–Kier alpha value is -1.33. The van der Waals surface area contributed by atoms with Crippen LogP contribution in [0.4, 0.5) is 0 Å². The SMILES string of the molecule is CC(=O)N1Cc2ccc(Cl)nc2OC(COC(C)C)C1. The quantitative estimate of drug-likeness (QED) is 0.803. The van der Waals surface area contributed by atoms with Gasteiger partial charge in [0.25, 0.3) is 0 Å².